The van der Waals surface area contributed by atoms with E-state index in [4.69, 9.17) is 9.47 Å². The SMILES string of the molecule is CC1(CO)Oc2cc(C34CC5CC(CC(C5)C3)C4)cc(OC(=O)CCCO[N+](=O)[O-])c2C2CC(CO)CCC21. The van der Waals surface area contributed by atoms with Crippen molar-refractivity contribution in [3.8, 4) is 11.5 Å². The van der Waals surface area contributed by atoms with E-state index < -0.39 is 16.7 Å². The van der Waals surface area contributed by atoms with Crippen LogP contribution in [0.4, 0.5) is 0 Å². The molecule has 0 spiro atoms. The van der Waals surface area contributed by atoms with E-state index in [0.717, 1.165) is 61.8 Å². The zero-order valence-corrected chi connectivity index (χ0v) is 22.8. The quantitative estimate of drug-likeness (QED) is 0.151. The topological polar surface area (TPSA) is 128 Å². The van der Waals surface area contributed by atoms with Gasteiger partial charge in [-0.05, 0) is 124 Å². The highest BCUT2D eigenvalue weighted by molar-refractivity contribution is 5.74. The Labute approximate surface area is 229 Å². The maximum absolute atomic E-state index is 13.0. The van der Waals surface area contributed by atoms with E-state index in [0.29, 0.717) is 11.5 Å². The van der Waals surface area contributed by atoms with E-state index in [1.54, 1.807) is 0 Å². The van der Waals surface area contributed by atoms with Gasteiger partial charge in [-0.15, -0.1) is 10.1 Å². The molecule has 1 aromatic carbocycles. The first-order valence-electron chi connectivity index (χ1n) is 14.8. The number of carbonyl (C=O) groups excluding carboxylic acids is 1. The van der Waals surface area contributed by atoms with Crippen molar-refractivity contribution in [3.63, 3.8) is 0 Å². The molecule has 4 bridgehead atoms. The van der Waals surface area contributed by atoms with Gasteiger partial charge in [0.1, 0.15) is 17.1 Å². The number of hydrogen-bond acceptors (Lipinski definition) is 8. The minimum atomic E-state index is -0.854. The van der Waals surface area contributed by atoms with Crippen LogP contribution in [0.2, 0.25) is 0 Å². The van der Waals surface area contributed by atoms with E-state index in [1.165, 1.54) is 24.8 Å². The Balaban J connectivity index is 1.38. The number of nitrogens with zero attached hydrogens (tertiary/aromatic N) is 1. The van der Waals surface area contributed by atoms with Crippen molar-refractivity contribution in [2.75, 3.05) is 19.8 Å². The standard InChI is InChI=1S/C30H41NO8/c1-29(17-33)24-5-4-18(16-32)10-23(24)28-25(38-27(34)3-2-6-37-31(35)36)11-22(12-26(28)39-29)30-13-19-7-20(14-30)9-21(8-19)15-30/h11-12,18-21,23-24,32-33H,2-10,13-17H2,1H3. The molecule has 0 radical (unpaired) electrons. The number of carbonyl (C=O) groups is 1. The molecule has 1 aliphatic heterocycles. The molecule has 4 unspecified atom stereocenters. The summed E-state index contributed by atoms with van der Waals surface area (Å²) in [6, 6.07) is 4.26. The van der Waals surface area contributed by atoms with Gasteiger partial charge in [0.15, 0.2) is 0 Å². The molecule has 1 heterocycles. The zero-order valence-electron chi connectivity index (χ0n) is 22.8. The van der Waals surface area contributed by atoms with Crippen LogP contribution in [-0.2, 0) is 15.0 Å². The summed E-state index contributed by atoms with van der Waals surface area (Å²) in [4.78, 5) is 27.8. The zero-order chi connectivity index (χ0) is 27.4. The summed E-state index contributed by atoms with van der Waals surface area (Å²) < 4.78 is 12.7. The molecule has 1 aromatic rings. The smallest absolute Gasteiger partial charge is 0.311 e. The van der Waals surface area contributed by atoms with Gasteiger partial charge in [0.2, 0.25) is 0 Å². The highest BCUT2D eigenvalue weighted by atomic mass is 16.9. The number of aliphatic hydroxyl groups is 2. The summed E-state index contributed by atoms with van der Waals surface area (Å²) in [6.07, 6.45) is 10.0. The molecule has 7 rings (SSSR count). The van der Waals surface area contributed by atoms with Crippen LogP contribution < -0.4 is 9.47 Å². The highest BCUT2D eigenvalue weighted by Gasteiger charge is 2.54. The van der Waals surface area contributed by atoms with Gasteiger partial charge >= 0.3 is 5.97 Å². The second-order valence-corrected chi connectivity index (χ2v) is 13.4. The lowest BCUT2D eigenvalue weighted by atomic mass is 9.48. The fourth-order valence-electron chi connectivity index (χ4n) is 9.38. The lowest BCUT2D eigenvalue weighted by molar-refractivity contribution is -0.757. The van der Waals surface area contributed by atoms with Crippen LogP contribution in [0.15, 0.2) is 12.1 Å². The average molecular weight is 544 g/mol. The second kappa shape index (κ2) is 10.2. The molecule has 5 aliphatic carbocycles. The largest absolute Gasteiger partial charge is 0.484 e. The molecule has 9 heteroatoms. The van der Waals surface area contributed by atoms with Gasteiger partial charge in [-0.2, -0.15) is 0 Å². The van der Waals surface area contributed by atoms with E-state index in [1.807, 2.05) is 6.92 Å². The van der Waals surface area contributed by atoms with Crippen molar-refractivity contribution < 1.29 is 34.4 Å². The van der Waals surface area contributed by atoms with Crippen LogP contribution in [0.25, 0.3) is 0 Å². The number of aliphatic hydroxyl groups excluding tert-OH is 2. The van der Waals surface area contributed by atoms with Crippen LogP contribution in [-0.4, -0.2) is 46.7 Å². The van der Waals surface area contributed by atoms with Gasteiger partial charge in [0.05, 0.1) is 13.2 Å². The Morgan fingerprint density at radius 3 is 2.41 bits per heavy atom. The normalized spacial score (nSPS) is 37.9. The monoisotopic (exact) mass is 543 g/mol. The molecule has 5 saturated carbocycles. The Kier molecular flexibility index (Phi) is 7.03. The predicted molar refractivity (Wildman–Crippen MR) is 141 cm³/mol. The molecule has 9 nitrogen and oxygen atoms in total. The molecule has 39 heavy (non-hydrogen) atoms. The summed E-state index contributed by atoms with van der Waals surface area (Å²) in [6.45, 7) is 1.82. The Hall–Kier alpha value is -2.39. The molecule has 2 N–H and O–H groups in total. The van der Waals surface area contributed by atoms with Gasteiger partial charge in [-0.3, -0.25) is 4.79 Å². The predicted octanol–water partition coefficient (Wildman–Crippen LogP) is 4.68. The van der Waals surface area contributed by atoms with Gasteiger partial charge in [0, 0.05) is 24.5 Å². The van der Waals surface area contributed by atoms with E-state index in [-0.39, 0.29) is 55.8 Å². The van der Waals surface area contributed by atoms with Crippen molar-refractivity contribution in [1.29, 1.82) is 0 Å². The number of benzene rings is 1. The molecule has 4 atom stereocenters. The number of fused-ring (bicyclic) bond motifs is 3. The average Bonchev–Trinajstić information content (AvgIpc) is 2.89. The summed E-state index contributed by atoms with van der Waals surface area (Å²) in [5, 5.41) is 30.1. The molecule has 5 fully saturated rings. The molecule has 0 amide bonds. The Morgan fingerprint density at radius 1 is 1.10 bits per heavy atom. The van der Waals surface area contributed by atoms with Crippen LogP contribution in [0, 0.1) is 39.7 Å². The second-order valence-electron chi connectivity index (χ2n) is 13.4. The molecular formula is C30H41NO8. The van der Waals surface area contributed by atoms with Gasteiger partial charge in [-0.25, -0.2) is 0 Å². The first kappa shape index (κ1) is 26.8. The molecule has 0 aromatic heterocycles. The van der Waals surface area contributed by atoms with Gasteiger partial charge in [-0.1, -0.05) is 0 Å². The van der Waals surface area contributed by atoms with E-state index in [9.17, 15) is 25.1 Å². The number of esters is 1. The van der Waals surface area contributed by atoms with E-state index >= 15 is 0 Å². The fraction of sp³-hybridized carbons (Fsp3) is 0.767. The third-order valence-electron chi connectivity index (χ3n) is 10.7. The maximum atomic E-state index is 13.0. The first-order valence-corrected chi connectivity index (χ1v) is 14.8. The minimum absolute atomic E-state index is 0.00672. The molecular weight excluding hydrogens is 502 g/mol. The van der Waals surface area contributed by atoms with Crippen molar-refractivity contribution in [2.24, 2.45) is 29.6 Å². The van der Waals surface area contributed by atoms with Crippen molar-refractivity contribution in [2.45, 2.75) is 94.5 Å². The Bertz CT molecular complexity index is 1090. The number of ether oxygens (including phenoxy) is 2. The van der Waals surface area contributed by atoms with E-state index in [2.05, 4.69) is 17.0 Å². The summed E-state index contributed by atoms with van der Waals surface area (Å²) in [7, 11) is 0. The van der Waals surface area contributed by atoms with Crippen molar-refractivity contribution in [1.82, 2.24) is 0 Å². The Morgan fingerprint density at radius 2 is 1.79 bits per heavy atom. The van der Waals surface area contributed by atoms with Crippen LogP contribution >= 0.6 is 0 Å². The van der Waals surface area contributed by atoms with Crippen molar-refractivity contribution >= 4 is 5.97 Å². The van der Waals surface area contributed by atoms with Crippen LogP contribution in [0.1, 0.15) is 94.6 Å². The fourth-order valence-corrected chi connectivity index (χ4v) is 9.38. The summed E-state index contributed by atoms with van der Waals surface area (Å²) in [5.74, 6) is 3.17. The molecule has 214 valence electrons. The minimum Gasteiger partial charge on any atom is -0.484 e. The number of rotatable bonds is 9. The lowest BCUT2D eigenvalue weighted by Gasteiger charge is -2.57. The molecule has 0 saturated heterocycles. The summed E-state index contributed by atoms with van der Waals surface area (Å²) >= 11 is 0. The van der Waals surface area contributed by atoms with Crippen LogP contribution in [0.5, 0.6) is 11.5 Å². The maximum Gasteiger partial charge on any atom is 0.311 e. The third-order valence-corrected chi connectivity index (χ3v) is 10.7. The van der Waals surface area contributed by atoms with Crippen molar-refractivity contribution in [3.05, 3.63) is 33.4 Å². The van der Waals surface area contributed by atoms with Gasteiger partial charge in [0.25, 0.3) is 5.09 Å². The molecule has 6 aliphatic rings. The summed E-state index contributed by atoms with van der Waals surface area (Å²) in [5.41, 5.74) is 1.35. The highest BCUT2D eigenvalue weighted by Crippen LogP contribution is 2.63. The van der Waals surface area contributed by atoms with Crippen LogP contribution in [0.3, 0.4) is 0 Å². The lowest BCUT2D eigenvalue weighted by Crippen LogP contribution is -2.52. The van der Waals surface area contributed by atoms with Gasteiger partial charge < -0.3 is 24.5 Å². The third kappa shape index (κ3) is 4.90. The number of hydrogen-bond donors (Lipinski definition) is 2. The first-order chi connectivity index (χ1) is 18.7.